The summed E-state index contributed by atoms with van der Waals surface area (Å²) < 4.78 is 5.73. The van der Waals surface area contributed by atoms with Gasteiger partial charge >= 0.3 is 0 Å². The van der Waals surface area contributed by atoms with E-state index in [-0.39, 0.29) is 5.91 Å². The molecule has 4 heteroatoms. The van der Waals surface area contributed by atoms with Crippen LogP contribution in [0.2, 0.25) is 0 Å². The highest BCUT2D eigenvalue weighted by molar-refractivity contribution is 5.97. The van der Waals surface area contributed by atoms with Crippen LogP contribution in [0.4, 0.5) is 5.82 Å². The van der Waals surface area contributed by atoms with Crippen molar-refractivity contribution in [2.24, 2.45) is 0 Å². The lowest BCUT2D eigenvalue weighted by Gasteiger charge is -2.25. The van der Waals surface area contributed by atoms with Crippen molar-refractivity contribution < 1.29 is 9.53 Å². The molecule has 2 aromatic rings. The van der Waals surface area contributed by atoms with Gasteiger partial charge in [0.1, 0.15) is 0 Å². The first-order valence-corrected chi connectivity index (χ1v) is 6.29. The molecule has 1 aliphatic heterocycles. The maximum Gasteiger partial charge on any atom is 0.271 e. The minimum absolute atomic E-state index is 0.185. The normalized spacial score (nSPS) is 17.3. The monoisotopic (exact) mass is 254 g/mol. The lowest BCUT2D eigenvalue weighted by molar-refractivity contribution is -0.123. The van der Waals surface area contributed by atoms with Crippen molar-refractivity contribution in [3.63, 3.8) is 0 Å². The molecule has 1 unspecified atom stereocenters. The van der Waals surface area contributed by atoms with Gasteiger partial charge in [0.25, 0.3) is 5.91 Å². The van der Waals surface area contributed by atoms with Gasteiger partial charge in [-0.15, -0.1) is 0 Å². The van der Waals surface area contributed by atoms with Crippen LogP contribution in [0.15, 0.2) is 42.6 Å². The van der Waals surface area contributed by atoms with E-state index < -0.39 is 6.10 Å². The number of nitrogens with zero attached hydrogens (tertiary/aromatic N) is 1. The number of ether oxygens (including phenoxy) is 1. The van der Waals surface area contributed by atoms with E-state index in [9.17, 15) is 4.79 Å². The second-order valence-electron chi connectivity index (χ2n) is 4.43. The SMILES string of the molecule is CCc1ccc(C2Oc3cccnc3NC2=O)cc1. The average Bonchev–Trinajstić information content (AvgIpc) is 2.47. The van der Waals surface area contributed by atoms with Crippen LogP contribution in [0.25, 0.3) is 0 Å². The molecule has 4 nitrogen and oxygen atoms in total. The first kappa shape index (κ1) is 11.7. The number of rotatable bonds is 2. The average molecular weight is 254 g/mol. The Balaban J connectivity index is 1.91. The molecular weight excluding hydrogens is 240 g/mol. The fourth-order valence-electron chi connectivity index (χ4n) is 2.09. The standard InChI is InChI=1S/C15H14N2O2/c1-2-10-5-7-11(8-6-10)13-15(18)17-14-12(19-13)4-3-9-16-14/h3-9,13H,2H2,1H3,(H,16,17,18). The van der Waals surface area contributed by atoms with Crippen LogP contribution in [-0.4, -0.2) is 10.9 Å². The summed E-state index contributed by atoms with van der Waals surface area (Å²) in [6.45, 7) is 2.10. The topological polar surface area (TPSA) is 51.2 Å². The minimum atomic E-state index is -0.609. The first-order valence-electron chi connectivity index (χ1n) is 6.29. The van der Waals surface area contributed by atoms with E-state index in [2.05, 4.69) is 17.2 Å². The number of fused-ring (bicyclic) bond motifs is 1. The lowest BCUT2D eigenvalue weighted by atomic mass is 10.0. The number of anilines is 1. The Bertz CT molecular complexity index is 608. The second kappa shape index (κ2) is 4.72. The number of carbonyl (C=O) groups excluding carboxylic acids is 1. The Labute approximate surface area is 111 Å². The smallest absolute Gasteiger partial charge is 0.271 e. The van der Waals surface area contributed by atoms with Gasteiger partial charge in [0.2, 0.25) is 6.10 Å². The van der Waals surface area contributed by atoms with Crippen molar-refractivity contribution in [2.45, 2.75) is 19.4 Å². The van der Waals surface area contributed by atoms with Crippen LogP contribution in [0, 0.1) is 0 Å². The Morgan fingerprint density at radius 2 is 2.05 bits per heavy atom. The Kier molecular flexibility index (Phi) is 2.91. The molecule has 3 rings (SSSR count). The largest absolute Gasteiger partial charge is 0.472 e. The molecule has 19 heavy (non-hydrogen) atoms. The number of nitrogens with one attached hydrogen (secondary N) is 1. The zero-order valence-corrected chi connectivity index (χ0v) is 10.6. The van der Waals surface area contributed by atoms with E-state index in [0.717, 1.165) is 12.0 Å². The Morgan fingerprint density at radius 3 is 2.79 bits per heavy atom. The van der Waals surface area contributed by atoms with E-state index in [1.807, 2.05) is 24.3 Å². The maximum absolute atomic E-state index is 12.0. The number of pyridine rings is 1. The van der Waals surface area contributed by atoms with Crippen molar-refractivity contribution in [1.29, 1.82) is 0 Å². The van der Waals surface area contributed by atoms with Crippen molar-refractivity contribution in [3.05, 3.63) is 53.7 Å². The second-order valence-corrected chi connectivity index (χ2v) is 4.43. The summed E-state index contributed by atoms with van der Waals surface area (Å²) in [6.07, 6.45) is 1.99. The van der Waals surface area contributed by atoms with Crippen molar-refractivity contribution in [1.82, 2.24) is 4.98 Å². The molecule has 0 saturated heterocycles. The third-order valence-corrected chi connectivity index (χ3v) is 3.19. The van der Waals surface area contributed by atoms with Gasteiger partial charge in [-0.05, 0) is 24.1 Å². The molecule has 0 aliphatic carbocycles. The van der Waals surface area contributed by atoms with Gasteiger partial charge in [-0.1, -0.05) is 31.2 Å². The van der Waals surface area contributed by atoms with Crippen molar-refractivity contribution in [3.8, 4) is 5.75 Å². The molecule has 1 aliphatic rings. The number of amides is 1. The number of hydrogen-bond donors (Lipinski definition) is 1. The van der Waals surface area contributed by atoms with Crippen LogP contribution in [0.5, 0.6) is 5.75 Å². The van der Waals surface area contributed by atoms with Gasteiger partial charge in [-0.2, -0.15) is 0 Å². The minimum Gasteiger partial charge on any atom is -0.472 e. The molecule has 1 aromatic carbocycles. The molecule has 0 fully saturated rings. The molecule has 0 bridgehead atoms. The maximum atomic E-state index is 12.0. The van der Waals surface area contributed by atoms with E-state index in [0.29, 0.717) is 11.6 Å². The van der Waals surface area contributed by atoms with E-state index in [1.54, 1.807) is 18.3 Å². The molecule has 2 heterocycles. The molecule has 96 valence electrons. The van der Waals surface area contributed by atoms with Gasteiger partial charge in [0.15, 0.2) is 11.6 Å². The summed E-state index contributed by atoms with van der Waals surface area (Å²) in [4.78, 5) is 16.1. The quantitative estimate of drug-likeness (QED) is 0.896. The zero-order chi connectivity index (χ0) is 13.2. The zero-order valence-electron chi connectivity index (χ0n) is 10.6. The number of aromatic nitrogens is 1. The predicted octanol–water partition coefficient (Wildman–Crippen LogP) is 2.72. The molecule has 1 amide bonds. The number of aryl methyl sites for hydroxylation is 1. The fourth-order valence-corrected chi connectivity index (χ4v) is 2.09. The summed E-state index contributed by atoms with van der Waals surface area (Å²) in [5.41, 5.74) is 2.09. The van der Waals surface area contributed by atoms with E-state index in [1.165, 1.54) is 5.56 Å². The first-order chi connectivity index (χ1) is 9.28. The van der Waals surface area contributed by atoms with Crippen LogP contribution < -0.4 is 10.1 Å². The molecular formula is C15H14N2O2. The predicted molar refractivity (Wildman–Crippen MR) is 72.1 cm³/mol. The fraction of sp³-hybridized carbons (Fsp3) is 0.200. The summed E-state index contributed by atoms with van der Waals surface area (Å²) in [5.74, 6) is 0.899. The van der Waals surface area contributed by atoms with Gasteiger partial charge in [0, 0.05) is 11.8 Å². The van der Waals surface area contributed by atoms with Gasteiger partial charge in [-0.25, -0.2) is 4.98 Å². The molecule has 1 N–H and O–H groups in total. The Morgan fingerprint density at radius 1 is 1.26 bits per heavy atom. The van der Waals surface area contributed by atoms with Crippen LogP contribution >= 0.6 is 0 Å². The van der Waals surface area contributed by atoms with Gasteiger partial charge in [-0.3, -0.25) is 4.79 Å². The summed E-state index contributed by atoms with van der Waals surface area (Å²) in [6, 6.07) is 11.5. The molecule has 0 saturated carbocycles. The summed E-state index contributed by atoms with van der Waals surface area (Å²) >= 11 is 0. The van der Waals surface area contributed by atoms with E-state index >= 15 is 0 Å². The van der Waals surface area contributed by atoms with Crippen molar-refractivity contribution >= 4 is 11.7 Å². The Hall–Kier alpha value is -2.36. The van der Waals surface area contributed by atoms with Crippen LogP contribution in [-0.2, 0) is 11.2 Å². The molecule has 1 aromatic heterocycles. The highest BCUT2D eigenvalue weighted by Crippen LogP contribution is 2.32. The summed E-state index contributed by atoms with van der Waals surface area (Å²) in [5, 5.41) is 2.76. The number of benzene rings is 1. The van der Waals surface area contributed by atoms with E-state index in [4.69, 9.17) is 4.74 Å². The molecule has 0 spiro atoms. The third kappa shape index (κ3) is 2.17. The molecule has 0 radical (unpaired) electrons. The lowest BCUT2D eigenvalue weighted by Crippen LogP contribution is -2.30. The van der Waals surface area contributed by atoms with Crippen molar-refractivity contribution in [2.75, 3.05) is 5.32 Å². The number of carbonyl (C=O) groups is 1. The number of hydrogen-bond acceptors (Lipinski definition) is 3. The van der Waals surface area contributed by atoms with Crippen LogP contribution in [0.1, 0.15) is 24.2 Å². The summed E-state index contributed by atoms with van der Waals surface area (Å²) in [7, 11) is 0. The highest BCUT2D eigenvalue weighted by Gasteiger charge is 2.29. The highest BCUT2D eigenvalue weighted by atomic mass is 16.5. The van der Waals surface area contributed by atoms with Gasteiger partial charge in [0.05, 0.1) is 0 Å². The van der Waals surface area contributed by atoms with Crippen LogP contribution in [0.3, 0.4) is 0 Å². The van der Waals surface area contributed by atoms with Gasteiger partial charge < -0.3 is 10.1 Å². The third-order valence-electron chi connectivity index (χ3n) is 3.19. The molecule has 1 atom stereocenters.